The van der Waals surface area contributed by atoms with E-state index >= 15 is 0 Å². The van der Waals surface area contributed by atoms with E-state index < -0.39 is 0 Å². The van der Waals surface area contributed by atoms with Gasteiger partial charge in [0.1, 0.15) is 17.0 Å². The number of hydrogen-bond acceptors (Lipinski definition) is 5. The number of benzene rings is 2. The van der Waals surface area contributed by atoms with Crippen LogP contribution in [0.4, 0.5) is 11.5 Å². The second-order valence-electron chi connectivity index (χ2n) is 6.74. The van der Waals surface area contributed by atoms with Gasteiger partial charge < -0.3 is 10.2 Å². The van der Waals surface area contributed by atoms with Crippen LogP contribution in [0.1, 0.15) is 6.42 Å². The van der Waals surface area contributed by atoms with Crippen molar-refractivity contribution in [2.45, 2.75) is 6.42 Å². The van der Waals surface area contributed by atoms with Gasteiger partial charge in [-0.15, -0.1) is 11.3 Å². The fourth-order valence-electron chi connectivity index (χ4n) is 3.07. The van der Waals surface area contributed by atoms with Crippen molar-refractivity contribution in [1.29, 1.82) is 0 Å². The Labute approximate surface area is 188 Å². The van der Waals surface area contributed by atoms with Gasteiger partial charge in [-0.05, 0) is 29.8 Å². The lowest BCUT2D eigenvalue weighted by Crippen LogP contribution is -2.24. The molecular formula is C22H18Cl2N4OS. The smallest absolute Gasteiger partial charge is 0.226 e. The third-order valence-corrected chi connectivity index (χ3v) is 6.26. The highest BCUT2D eigenvalue weighted by Gasteiger charge is 2.14. The summed E-state index contributed by atoms with van der Waals surface area (Å²) in [6.07, 6.45) is 1.84. The van der Waals surface area contributed by atoms with Gasteiger partial charge in [-0.3, -0.25) is 4.79 Å². The zero-order valence-corrected chi connectivity index (χ0v) is 18.4. The molecule has 2 aromatic carbocycles. The zero-order chi connectivity index (χ0) is 21.1. The first-order valence-corrected chi connectivity index (χ1v) is 10.8. The SMILES string of the molecule is CN(CCC(=O)Nc1cc(Cl)ccc1Cl)c1ncnc2sc(-c3ccccc3)cc12. The normalized spacial score (nSPS) is 10.9. The minimum absolute atomic E-state index is 0.147. The van der Waals surface area contributed by atoms with Crippen molar-refractivity contribution in [1.82, 2.24) is 9.97 Å². The minimum atomic E-state index is -0.147. The Morgan fingerprint density at radius 2 is 1.90 bits per heavy atom. The standard InChI is InChI=1S/C22H18Cl2N4OS/c1-28(10-9-20(29)27-18-11-15(23)7-8-17(18)24)21-16-12-19(14-5-3-2-4-6-14)30-22(16)26-13-25-21/h2-8,11-13H,9-10H2,1H3,(H,27,29). The number of rotatable bonds is 6. The van der Waals surface area contributed by atoms with Crippen molar-refractivity contribution in [2.75, 3.05) is 23.8 Å². The van der Waals surface area contributed by atoms with Gasteiger partial charge in [0.25, 0.3) is 0 Å². The molecule has 0 fully saturated rings. The van der Waals surface area contributed by atoms with Crippen LogP contribution in [-0.2, 0) is 4.79 Å². The van der Waals surface area contributed by atoms with Gasteiger partial charge >= 0.3 is 0 Å². The van der Waals surface area contributed by atoms with Gasteiger partial charge in [0.2, 0.25) is 5.91 Å². The average molecular weight is 457 g/mol. The van der Waals surface area contributed by atoms with Gasteiger partial charge in [-0.25, -0.2) is 9.97 Å². The molecule has 30 heavy (non-hydrogen) atoms. The summed E-state index contributed by atoms with van der Waals surface area (Å²) < 4.78 is 0. The second kappa shape index (κ2) is 9.00. The second-order valence-corrected chi connectivity index (χ2v) is 8.61. The average Bonchev–Trinajstić information content (AvgIpc) is 3.20. The molecule has 1 amide bonds. The van der Waals surface area contributed by atoms with E-state index in [-0.39, 0.29) is 12.3 Å². The summed E-state index contributed by atoms with van der Waals surface area (Å²) in [6.45, 7) is 0.493. The van der Waals surface area contributed by atoms with E-state index in [9.17, 15) is 4.79 Å². The molecule has 0 atom stereocenters. The molecule has 0 unspecified atom stereocenters. The largest absolute Gasteiger partial charge is 0.359 e. The van der Waals surface area contributed by atoms with Crippen LogP contribution in [-0.4, -0.2) is 29.5 Å². The molecule has 2 heterocycles. The number of nitrogens with one attached hydrogen (secondary N) is 1. The lowest BCUT2D eigenvalue weighted by molar-refractivity contribution is -0.116. The van der Waals surface area contributed by atoms with E-state index in [1.807, 2.05) is 30.1 Å². The minimum Gasteiger partial charge on any atom is -0.359 e. The Morgan fingerprint density at radius 1 is 1.10 bits per heavy atom. The van der Waals surface area contributed by atoms with Crippen LogP contribution in [0.25, 0.3) is 20.7 Å². The van der Waals surface area contributed by atoms with E-state index in [1.54, 1.807) is 35.9 Å². The molecule has 8 heteroatoms. The number of carbonyl (C=O) groups is 1. The summed E-state index contributed by atoms with van der Waals surface area (Å²) >= 11 is 13.7. The number of fused-ring (bicyclic) bond motifs is 1. The molecule has 0 spiro atoms. The number of thiophene rings is 1. The van der Waals surface area contributed by atoms with Crippen LogP contribution in [0.5, 0.6) is 0 Å². The molecule has 4 aromatic rings. The zero-order valence-electron chi connectivity index (χ0n) is 16.1. The van der Waals surface area contributed by atoms with E-state index in [4.69, 9.17) is 23.2 Å². The van der Waals surface area contributed by atoms with E-state index in [0.29, 0.717) is 22.3 Å². The first kappa shape index (κ1) is 20.6. The van der Waals surface area contributed by atoms with Crippen LogP contribution < -0.4 is 10.2 Å². The van der Waals surface area contributed by atoms with Crippen molar-refractivity contribution in [2.24, 2.45) is 0 Å². The molecule has 0 aliphatic rings. The molecule has 0 aliphatic carbocycles. The van der Waals surface area contributed by atoms with Crippen LogP contribution in [0.15, 0.2) is 60.9 Å². The number of hydrogen-bond donors (Lipinski definition) is 1. The van der Waals surface area contributed by atoms with Crippen LogP contribution >= 0.6 is 34.5 Å². The van der Waals surface area contributed by atoms with Gasteiger partial charge in [-0.2, -0.15) is 0 Å². The molecule has 0 radical (unpaired) electrons. The van der Waals surface area contributed by atoms with Gasteiger partial charge in [0, 0.05) is 29.9 Å². The van der Waals surface area contributed by atoms with Crippen LogP contribution in [0.3, 0.4) is 0 Å². The molecule has 1 N–H and O–H groups in total. The first-order valence-electron chi connectivity index (χ1n) is 9.27. The first-order chi connectivity index (χ1) is 14.5. The molecule has 152 valence electrons. The number of amides is 1. The van der Waals surface area contributed by atoms with Crippen LogP contribution in [0, 0.1) is 0 Å². The highest BCUT2D eigenvalue weighted by molar-refractivity contribution is 7.21. The maximum Gasteiger partial charge on any atom is 0.226 e. The third-order valence-electron chi connectivity index (χ3n) is 4.61. The summed E-state index contributed by atoms with van der Waals surface area (Å²) in [4.78, 5) is 25.3. The Hall–Kier alpha value is -2.67. The molecule has 0 aliphatic heterocycles. The maximum atomic E-state index is 12.4. The van der Waals surface area contributed by atoms with Crippen molar-refractivity contribution >= 4 is 62.2 Å². The van der Waals surface area contributed by atoms with Gasteiger partial charge in [-0.1, -0.05) is 53.5 Å². The van der Waals surface area contributed by atoms with Gasteiger partial charge in [0.05, 0.1) is 16.1 Å². The number of carbonyl (C=O) groups excluding carboxylic acids is 1. The number of aromatic nitrogens is 2. The number of halogens is 2. The molecule has 2 aromatic heterocycles. The highest BCUT2D eigenvalue weighted by Crippen LogP contribution is 2.35. The Kier molecular flexibility index (Phi) is 6.18. The summed E-state index contributed by atoms with van der Waals surface area (Å²) in [5.74, 6) is 0.652. The number of nitrogens with zero attached hydrogens (tertiary/aromatic N) is 3. The molecule has 0 bridgehead atoms. The Balaban J connectivity index is 1.48. The summed E-state index contributed by atoms with van der Waals surface area (Å²) in [5, 5.41) is 4.75. The maximum absolute atomic E-state index is 12.4. The molecular weight excluding hydrogens is 439 g/mol. The quantitative estimate of drug-likeness (QED) is 0.379. The lowest BCUT2D eigenvalue weighted by Gasteiger charge is -2.18. The fourth-order valence-corrected chi connectivity index (χ4v) is 4.41. The molecule has 0 saturated carbocycles. The fraction of sp³-hybridized carbons (Fsp3) is 0.136. The van der Waals surface area contributed by atoms with Crippen molar-refractivity contribution in [3.63, 3.8) is 0 Å². The van der Waals surface area contributed by atoms with Gasteiger partial charge in [0.15, 0.2) is 0 Å². The van der Waals surface area contributed by atoms with E-state index in [2.05, 4.69) is 33.5 Å². The third kappa shape index (κ3) is 4.56. The Bertz CT molecular complexity index is 1200. The topological polar surface area (TPSA) is 58.1 Å². The van der Waals surface area contributed by atoms with E-state index in [0.717, 1.165) is 26.5 Å². The molecule has 0 saturated heterocycles. The predicted octanol–water partition coefficient (Wildman–Crippen LogP) is 6.13. The molecule has 5 nitrogen and oxygen atoms in total. The summed E-state index contributed by atoms with van der Waals surface area (Å²) in [7, 11) is 1.92. The lowest BCUT2D eigenvalue weighted by atomic mass is 10.2. The van der Waals surface area contributed by atoms with Crippen molar-refractivity contribution < 1.29 is 4.79 Å². The highest BCUT2D eigenvalue weighted by atomic mass is 35.5. The van der Waals surface area contributed by atoms with Crippen molar-refractivity contribution in [3.05, 3.63) is 71.0 Å². The Morgan fingerprint density at radius 3 is 2.70 bits per heavy atom. The van der Waals surface area contributed by atoms with Crippen molar-refractivity contribution in [3.8, 4) is 10.4 Å². The van der Waals surface area contributed by atoms with E-state index in [1.165, 1.54) is 0 Å². The predicted molar refractivity (Wildman–Crippen MR) is 126 cm³/mol. The summed E-state index contributed by atoms with van der Waals surface area (Å²) in [6, 6.07) is 17.3. The monoisotopic (exact) mass is 456 g/mol. The number of anilines is 2. The molecule has 4 rings (SSSR count). The summed E-state index contributed by atoms with van der Waals surface area (Å²) in [5.41, 5.74) is 1.65. The van der Waals surface area contributed by atoms with Crippen LogP contribution in [0.2, 0.25) is 10.0 Å².